The quantitative estimate of drug-likeness (QED) is 0.515. The van der Waals surface area contributed by atoms with Gasteiger partial charge in [0.2, 0.25) is 0 Å². The summed E-state index contributed by atoms with van der Waals surface area (Å²) in [5.41, 5.74) is 2.33. The minimum absolute atomic E-state index is 0.292. The van der Waals surface area contributed by atoms with Crippen molar-refractivity contribution >= 4 is 5.97 Å². The van der Waals surface area contributed by atoms with E-state index in [1.54, 1.807) is 6.92 Å². The van der Waals surface area contributed by atoms with Crippen molar-refractivity contribution in [3.8, 4) is 11.8 Å². The van der Waals surface area contributed by atoms with E-state index in [1.165, 1.54) is 12.5 Å². The van der Waals surface area contributed by atoms with Crippen LogP contribution in [-0.2, 0) is 9.53 Å². The fraction of sp³-hybridized carbons (Fsp3) is 0.615. The van der Waals surface area contributed by atoms with Gasteiger partial charge >= 0.3 is 5.97 Å². The van der Waals surface area contributed by atoms with E-state index in [9.17, 15) is 4.79 Å². The zero-order valence-corrected chi connectivity index (χ0v) is 10.5. The third kappa shape index (κ3) is 5.96. The topological polar surface area (TPSA) is 26.3 Å². The molecule has 0 amide bonds. The SMILES string of the molecule is CC(=O)OC(C)C#CC(=C(C)C)C(C)C. The molecule has 2 heteroatoms. The van der Waals surface area contributed by atoms with Gasteiger partial charge < -0.3 is 4.74 Å². The summed E-state index contributed by atoms with van der Waals surface area (Å²) in [6.45, 7) is 11.5. The number of allylic oxidation sites excluding steroid dienone is 2. The number of hydrogen-bond acceptors (Lipinski definition) is 2. The van der Waals surface area contributed by atoms with Gasteiger partial charge in [-0.1, -0.05) is 31.3 Å². The molecule has 0 N–H and O–H groups in total. The number of esters is 1. The van der Waals surface area contributed by atoms with E-state index in [0.717, 1.165) is 5.57 Å². The number of carbonyl (C=O) groups excluding carboxylic acids is 1. The summed E-state index contributed by atoms with van der Waals surface area (Å²) in [7, 11) is 0. The molecule has 84 valence electrons. The van der Waals surface area contributed by atoms with Crippen LogP contribution >= 0.6 is 0 Å². The van der Waals surface area contributed by atoms with Crippen molar-refractivity contribution in [2.24, 2.45) is 5.92 Å². The van der Waals surface area contributed by atoms with Crippen LogP contribution in [0, 0.1) is 17.8 Å². The summed E-state index contributed by atoms with van der Waals surface area (Å²) >= 11 is 0. The Morgan fingerprint density at radius 3 is 2.00 bits per heavy atom. The van der Waals surface area contributed by atoms with Gasteiger partial charge in [-0.15, -0.1) is 0 Å². The Morgan fingerprint density at radius 2 is 1.67 bits per heavy atom. The van der Waals surface area contributed by atoms with Crippen LogP contribution in [0.25, 0.3) is 0 Å². The predicted molar refractivity (Wildman–Crippen MR) is 62.2 cm³/mol. The molecule has 2 nitrogen and oxygen atoms in total. The zero-order valence-electron chi connectivity index (χ0n) is 10.5. The molecule has 15 heavy (non-hydrogen) atoms. The highest BCUT2D eigenvalue weighted by Crippen LogP contribution is 2.13. The van der Waals surface area contributed by atoms with Gasteiger partial charge in [0.25, 0.3) is 0 Å². The van der Waals surface area contributed by atoms with Crippen molar-refractivity contribution in [1.29, 1.82) is 0 Å². The molecule has 0 aromatic rings. The van der Waals surface area contributed by atoms with Crippen LogP contribution < -0.4 is 0 Å². The van der Waals surface area contributed by atoms with Gasteiger partial charge in [0.1, 0.15) is 0 Å². The van der Waals surface area contributed by atoms with Gasteiger partial charge in [-0.2, -0.15) is 0 Å². The number of hydrogen-bond donors (Lipinski definition) is 0. The molecule has 0 bridgehead atoms. The van der Waals surface area contributed by atoms with Crippen LogP contribution in [0.15, 0.2) is 11.1 Å². The van der Waals surface area contributed by atoms with Crippen LogP contribution in [0.1, 0.15) is 41.5 Å². The van der Waals surface area contributed by atoms with E-state index in [-0.39, 0.29) is 12.1 Å². The monoisotopic (exact) mass is 208 g/mol. The highest BCUT2D eigenvalue weighted by molar-refractivity contribution is 5.66. The van der Waals surface area contributed by atoms with Crippen LogP contribution in [0.2, 0.25) is 0 Å². The molecule has 0 aromatic carbocycles. The molecule has 0 aliphatic heterocycles. The van der Waals surface area contributed by atoms with Crippen LogP contribution in [0.3, 0.4) is 0 Å². The average molecular weight is 208 g/mol. The van der Waals surface area contributed by atoms with Crippen molar-refractivity contribution in [2.75, 3.05) is 0 Å². The molecule has 0 aliphatic carbocycles. The maximum Gasteiger partial charge on any atom is 0.303 e. The first kappa shape index (κ1) is 13.8. The molecule has 0 fully saturated rings. The summed E-state index contributed by atoms with van der Waals surface area (Å²) in [6.07, 6.45) is -0.337. The maximum atomic E-state index is 10.7. The van der Waals surface area contributed by atoms with Crippen LogP contribution in [-0.4, -0.2) is 12.1 Å². The smallest absolute Gasteiger partial charge is 0.303 e. The van der Waals surface area contributed by atoms with Gasteiger partial charge in [0.05, 0.1) is 0 Å². The van der Waals surface area contributed by atoms with Crippen molar-refractivity contribution < 1.29 is 9.53 Å². The lowest BCUT2D eigenvalue weighted by atomic mass is 9.99. The van der Waals surface area contributed by atoms with Gasteiger partial charge in [-0.25, -0.2) is 0 Å². The Hall–Kier alpha value is -1.23. The lowest BCUT2D eigenvalue weighted by Gasteiger charge is -2.07. The highest BCUT2D eigenvalue weighted by atomic mass is 16.5. The third-order valence-electron chi connectivity index (χ3n) is 1.87. The summed E-state index contributed by atoms with van der Waals surface area (Å²) in [5, 5.41) is 0. The molecule has 0 radical (unpaired) electrons. The minimum Gasteiger partial charge on any atom is -0.450 e. The van der Waals surface area contributed by atoms with E-state index in [4.69, 9.17) is 4.74 Å². The molecule has 0 rings (SSSR count). The zero-order chi connectivity index (χ0) is 12.0. The van der Waals surface area contributed by atoms with E-state index in [1.807, 2.05) is 13.8 Å². The lowest BCUT2D eigenvalue weighted by molar-refractivity contribution is -0.143. The number of ether oxygens (including phenoxy) is 1. The standard InChI is InChI=1S/C13H20O2/c1-9(2)13(10(3)4)8-7-11(5)15-12(6)14/h9,11H,1-6H3. The molecule has 0 spiro atoms. The van der Waals surface area contributed by atoms with Gasteiger partial charge in [0, 0.05) is 12.5 Å². The normalized spacial score (nSPS) is 11.4. The van der Waals surface area contributed by atoms with Gasteiger partial charge in [0.15, 0.2) is 6.10 Å². The van der Waals surface area contributed by atoms with E-state index >= 15 is 0 Å². The second-order valence-electron chi connectivity index (χ2n) is 4.09. The Labute approximate surface area is 92.7 Å². The van der Waals surface area contributed by atoms with Crippen molar-refractivity contribution in [2.45, 2.75) is 47.6 Å². The molecule has 0 heterocycles. The minimum atomic E-state index is -0.337. The maximum absolute atomic E-state index is 10.7. The first-order valence-corrected chi connectivity index (χ1v) is 5.20. The van der Waals surface area contributed by atoms with Crippen molar-refractivity contribution in [3.63, 3.8) is 0 Å². The lowest BCUT2D eigenvalue weighted by Crippen LogP contribution is -2.09. The highest BCUT2D eigenvalue weighted by Gasteiger charge is 2.03. The number of rotatable bonds is 2. The molecule has 0 aliphatic rings. The van der Waals surface area contributed by atoms with Crippen molar-refractivity contribution in [3.05, 3.63) is 11.1 Å². The Kier molecular flexibility index (Phi) is 5.77. The molecule has 1 atom stereocenters. The molecule has 1 unspecified atom stereocenters. The molecule has 0 saturated heterocycles. The molecule has 0 aromatic heterocycles. The van der Waals surface area contributed by atoms with Gasteiger partial charge in [-0.3, -0.25) is 4.79 Å². The summed E-state index contributed by atoms with van der Waals surface area (Å²) in [5.74, 6) is 6.12. The van der Waals surface area contributed by atoms with E-state index in [0.29, 0.717) is 5.92 Å². The summed E-state index contributed by atoms with van der Waals surface area (Å²) in [4.78, 5) is 10.7. The largest absolute Gasteiger partial charge is 0.450 e. The van der Waals surface area contributed by atoms with Crippen molar-refractivity contribution in [1.82, 2.24) is 0 Å². The number of carbonyl (C=O) groups is 1. The second-order valence-corrected chi connectivity index (χ2v) is 4.09. The van der Waals surface area contributed by atoms with Crippen LogP contribution in [0.5, 0.6) is 0 Å². The first-order chi connectivity index (χ1) is 6.84. The third-order valence-corrected chi connectivity index (χ3v) is 1.87. The Morgan fingerprint density at radius 1 is 1.13 bits per heavy atom. The summed E-state index contributed by atoms with van der Waals surface area (Å²) < 4.78 is 4.92. The average Bonchev–Trinajstić information content (AvgIpc) is 2.00. The Balaban J connectivity index is 4.63. The molecular weight excluding hydrogens is 188 g/mol. The van der Waals surface area contributed by atoms with Crippen LogP contribution in [0.4, 0.5) is 0 Å². The van der Waals surface area contributed by atoms with E-state index < -0.39 is 0 Å². The fourth-order valence-electron chi connectivity index (χ4n) is 1.30. The fourth-order valence-corrected chi connectivity index (χ4v) is 1.30. The first-order valence-electron chi connectivity index (χ1n) is 5.20. The second kappa shape index (κ2) is 6.29. The molecule has 0 saturated carbocycles. The predicted octanol–water partition coefficient (Wildman–Crippen LogP) is 2.93. The van der Waals surface area contributed by atoms with E-state index in [2.05, 4.69) is 25.7 Å². The van der Waals surface area contributed by atoms with Gasteiger partial charge in [-0.05, 0) is 26.7 Å². The molecular formula is C13H20O2. The Bertz CT molecular complexity index is 309. The summed E-state index contributed by atoms with van der Waals surface area (Å²) in [6, 6.07) is 0.